The number of rotatable bonds is 7. The first kappa shape index (κ1) is 16.9. The number of halogens is 2. The molecule has 0 unspecified atom stereocenters. The predicted octanol–water partition coefficient (Wildman–Crippen LogP) is 4.41. The van der Waals surface area contributed by atoms with Gasteiger partial charge in [-0.25, -0.2) is 0 Å². The zero-order valence-corrected chi connectivity index (χ0v) is 14.1. The Hall–Kier alpha value is -0.420. The van der Waals surface area contributed by atoms with Gasteiger partial charge >= 0.3 is 5.97 Å². The van der Waals surface area contributed by atoms with Crippen LogP contribution >= 0.6 is 35.0 Å². The van der Waals surface area contributed by atoms with E-state index >= 15 is 0 Å². The van der Waals surface area contributed by atoms with Crippen molar-refractivity contribution in [3.05, 3.63) is 28.2 Å². The molecule has 1 aromatic rings. The second-order valence-electron chi connectivity index (χ2n) is 5.23. The van der Waals surface area contributed by atoms with Crippen LogP contribution in [0.25, 0.3) is 0 Å². The lowest BCUT2D eigenvalue weighted by Crippen LogP contribution is -2.39. The molecular formula is C15H19Cl2NO2S. The molecule has 1 N–H and O–H groups in total. The third-order valence-electron chi connectivity index (χ3n) is 3.71. The van der Waals surface area contributed by atoms with Gasteiger partial charge in [0.15, 0.2) is 0 Å². The highest BCUT2D eigenvalue weighted by molar-refractivity contribution is 7.99. The molecule has 0 bridgehead atoms. The van der Waals surface area contributed by atoms with Crippen molar-refractivity contribution in [2.45, 2.75) is 36.6 Å². The topological polar surface area (TPSA) is 40.5 Å². The first-order valence-corrected chi connectivity index (χ1v) is 8.84. The van der Waals surface area contributed by atoms with Gasteiger partial charge in [-0.3, -0.25) is 9.69 Å². The highest BCUT2D eigenvalue weighted by atomic mass is 35.5. The highest BCUT2D eigenvalue weighted by Gasteiger charge is 2.23. The van der Waals surface area contributed by atoms with E-state index in [0.29, 0.717) is 16.1 Å². The van der Waals surface area contributed by atoms with Gasteiger partial charge in [-0.1, -0.05) is 36.0 Å². The summed E-state index contributed by atoms with van der Waals surface area (Å²) in [4.78, 5) is 14.0. The number of nitrogens with zero attached hydrogens (tertiary/aromatic N) is 1. The van der Waals surface area contributed by atoms with Crippen molar-refractivity contribution >= 4 is 40.9 Å². The largest absolute Gasteiger partial charge is 0.480 e. The van der Waals surface area contributed by atoms with E-state index in [0.717, 1.165) is 30.0 Å². The molecule has 1 fully saturated rings. The number of carboxylic acids is 1. The molecule has 1 aliphatic rings. The summed E-state index contributed by atoms with van der Waals surface area (Å²) < 4.78 is 0. The molecule has 21 heavy (non-hydrogen) atoms. The van der Waals surface area contributed by atoms with Crippen LogP contribution in [-0.2, 0) is 4.79 Å². The number of carbonyl (C=O) groups is 1. The van der Waals surface area contributed by atoms with Crippen LogP contribution in [0.2, 0.25) is 10.0 Å². The van der Waals surface area contributed by atoms with E-state index in [4.69, 9.17) is 28.3 Å². The van der Waals surface area contributed by atoms with Gasteiger partial charge < -0.3 is 5.11 Å². The van der Waals surface area contributed by atoms with Crippen molar-refractivity contribution in [1.29, 1.82) is 0 Å². The molecule has 0 atom stereocenters. The fourth-order valence-electron chi connectivity index (χ4n) is 2.69. The zero-order chi connectivity index (χ0) is 15.2. The Kier molecular flexibility index (Phi) is 6.68. The molecule has 0 heterocycles. The van der Waals surface area contributed by atoms with Crippen LogP contribution in [-0.4, -0.2) is 40.9 Å². The van der Waals surface area contributed by atoms with Crippen molar-refractivity contribution in [1.82, 2.24) is 4.90 Å². The maximum absolute atomic E-state index is 11.0. The minimum atomic E-state index is -0.757. The van der Waals surface area contributed by atoms with Crippen LogP contribution < -0.4 is 0 Å². The lowest BCUT2D eigenvalue weighted by atomic mass is 10.2. The van der Waals surface area contributed by atoms with Crippen LogP contribution in [0.3, 0.4) is 0 Å². The van der Waals surface area contributed by atoms with Crippen LogP contribution in [0.4, 0.5) is 0 Å². The third-order valence-corrected chi connectivity index (χ3v) is 5.42. The van der Waals surface area contributed by atoms with Crippen molar-refractivity contribution in [2.75, 3.05) is 18.8 Å². The summed E-state index contributed by atoms with van der Waals surface area (Å²) in [5.41, 5.74) is 0. The first-order valence-electron chi connectivity index (χ1n) is 7.10. The lowest BCUT2D eigenvalue weighted by Gasteiger charge is -2.26. The predicted molar refractivity (Wildman–Crippen MR) is 88.7 cm³/mol. The second kappa shape index (κ2) is 8.28. The summed E-state index contributed by atoms with van der Waals surface area (Å²) in [5, 5.41) is 10.4. The molecule has 3 nitrogen and oxygen atoms in total. The van der Waals surface area contributed by atoms with E-state index in [9.17, 15) is 4.79 Å². The van der Waals surface area contributed by atoms with Crippen LogP contribution in [0.1, 0.15) is 25.7 Å². The lowest BCUT2D eigenvalue weighted by molar-refractivity contribution is -0.138. The Labute approximate surface area is 139 Å². The zero-order valence-electron chi connectivity index (χ0n) is 11.7. The summed E-state index contributed by atoms with van der Waals surface area (Å²) in [6.45, 7) is 0.874. The number of carboxylic acid groups (broad SMARTS) is 1. The Morgan fingerprint density at radius 3 is 2.71 bits per heavy atom. The minimum Gasteiger partial charge on any atom is -0.480 e. The summed E-state index contributed by atoms with van der Waals surface area (Å²) in [6, 6.07) is 5.82. The molecule has 1 aromatic carbocycles. The molecule has 0 amide bonds. The summed E-state index contributed by atoms with van der Waals surface area (Å²) in [6.07, 6.45) is 4.62. The number of aliphatic carboxylic acids is 1. The summed E-state index contributed by atoms with van der Waals surface area (Å²) >= 11 is 13.7. The summed E-state index contributed by atoms with van der Waals surface area (Å²) in [5.74, 6) is 0.0526. The maximum atomic E-state index is 11.0. The standard InChI is InChI=1S/C15H19Cl2NO2S/c16-11-5-6-13(17)14(9-11)21-8-7-18(10-15(19)20)12-3-1-2-4-12/h5-6,9,12H,1-4,7-8,10H2,(H,19,20). The monoisotopic (exact) mass is 347 g/mol. The summed E-state index contributed by atoms with van der Waals surface area (Å²) in [7, 11) is 0. The van der Waals surface area contributed by atoms with Crippen LogP contribution in [0, 0.1) is 0 Å². The van der Waals surface area contributed by atoms with Gasteiger partial charge in [-0.05, 0) is 31.0 Å². The highest BCUT2D eigenvalue weighted by Crippen LogP contribution is 2.30. The fourth-order valence-corrected chi connectivity index (χ4v) is 4.17. The normalized spacial score (nSPS) is 15.8. The maximum Gasteiger partial charge on any atom is 0.317 e. The molecule has 1 saturated carbocycles. The molecule has 116 valence electrons. The second-order valence-corrected chi connectivity index (χ2v) is 7.21. The molecule has 2 rings (SSSR count). The minimum absolute atomic E-state index is 0.120. The van der Waals surface area contributed by atoms with Crippen molar-refractivity contribution in [3.63, 3.8) is 0 Å². The first-order chi connectivity index (χ1) is 10.1. The molecule has 0 saturated heterocycles. The van der Waals surface area contributed by atoms with Gasteiger partial charge in [0.2, 0.25) is 0 Å². The van der Waals surface area contributed by atoms with Crippen molar-refractivity contribution < 1.29 is 9.90 Å². The van der Waals surface area contributed by atoms with E-state index in [-0.39, 0.29) is 6.54 Å². The van der Waals surface area contributed by atoms with Crippen molar-refractivity contribution in [3.8, 4) is 0 Å². The Balaban J connectivity index is 1.88. The smallest absolute Gasteiger partial charge is 0.317 e. The molecule has 0 radical (unpaired) electrons. The van der Waals surface area contributed by atoms with Gasteiger partial charge in [0.1, 0.15) is 0 Å². The number of hydrogen-bond acceptors (Lipinski definition) is 3. The average Bonchev–Trinajstić information content (AvgIpc) is 2.95. The molecule has 0 aliphatic heterocycles. The Morgan fingerprint density at radius 2 is 2.05 bits per heavy atom. The van der Waals surface area contributed by atoms with Gasteiger partial charge in [-0.15, -0.1) is 11.8 Å². The van der Waals surface area contributed by atoms with Crippen LogP contribution in [0.15, 0.2) is 23.1 Å². The number of hydrogen-bond donors (Lipinski definition) is 1. The van der Waals surface area contributed by atoms with Gasteiger partial charge in [0, 0.05) is 28.3 Å². The van der Waals surface area contributed by atoms with E-state index in [1.807, 2.05) is 6.07 Å². The molecule has 1 aliphatic carbocycles. The van der Waals surface area contributed by atoms with E-state index in [1.54, 1.807) is 23.9 Å². The Bertz CT molecular complexity index is 493. The van der Waals surface area contributed by atoms with E-state index in [2.05, 4.69) is 4.90 Å². The van der Waals surface area contributed by atoms with E-state index < -0.39 is 5.97 Å². The van der Waals surface area contributed by atoms with Gasteiger partial charge in [-0.2, -0.15) is 0 Å². The number of benzene rings is 1. The molecular weight excluding hydrogens is 329 g/mol. The molecule has 6 heteroatoms. The quantitative estimate of drug-likeness (QED) is 0.741. The van der Waals surface area contributed by atoms with E-state index in [1.165, 1.54) is 12.8 Å². The molecule has 0 aromatic heterocycles. The van der Waals surface area contributed by atoms with Gasteiger partial charge in [0.05, 0.1) is 11.6 Å². The Morgan fingerprint density at radius 1 is 1.33 bits per heavy atom. The fraction of sp³-hybridized carbons (Fsp3) is 0.533. The van der Waals surface area contributed by atoms with Gasteiger partial charge in [0.25, 0.3) is 0 Å². The average molecular weight is 348 g/mol. The SMILES string of the molecule is O=C(O)CN(CCSc1cc(Cl)ccc1Cl)C1CCCC1. The third kappa shape index (κ3) is 5.37. The molecule has 0 spiro atoms. The van der Waals surface area contributed by atoms with Crippen LogP contribution in [0.5, 0.6) is 0 Å². The van der Waals surface area contributed by atoms with Crippen molar-refractivity contribution in [2.24, 2.45) is 0 Å². The number of thioether (sulfide) groups is 1.